The number of amides is 3. The van der Waals surface area contributed by atoms with Gasteiger partial charge in [0, 0.05) is 0 Å². The summed E-state index contributed by atoms with van der Waals surface area (Å²) in [4.78, 5) is 51.7. The predicted molar refractivity (Wildman–Crippen MR) is 113 cm³/mol. The van der Waals surface area contributed by atoms with Crippen molar-refractivity contribution in [2.45, 2.75) is 32.9 Å². The first-order valence-corrected chi connectivity index (χ1v) is 10.4. The molecule has 2 aromatic rings. The molecule has 3 rings (SSSR count). The van der Waals surface area contributed by atoms with Crippen molar-refractivity contribution in [3.63, 3.8) is 0 Å². The molecule has 0 radical (unpaired) electrons. The number of hydrogen-bond donors (Lipinski definition) is 2. The number of fused-ring (bicyclic) bond motifs is 1. The second-order valence-electron chi connectivity index (χ2n) is 7.24. The third-order valence-electron chi connectivity index (χ3n) is 4.63. The van der Waals surface area contributed by atoms with E-state index in [1.54, 1.807) is 55.6 Å². The zero-order valence-corrected chi connectivity index (χ0v) is 17.7. The summed E-state index contributed by atoms with van der Waals surface area (Å²) in [6, 6.07) is 9.40. The summed E-state index contributed by atoms with van der Waals surface area (Å²) in [7, 11) is 0. The fourth-order valence-corrected chi connectivity index (χ4v) is 3.69. The number of esters is 1. The fourth-order valence-electron chi connectivity index (χ4n) is 3.07. The molecule has 2 unspecified atom stereocenters. The molecule has 0 saturated heterocycles. The second-order valence-corrected chi connectivity index (χ2v) is 8.19. The summed E-state index contributed by atoms with van der Waals surface area (Å²) in [6.07, 6.45) is -1.13. The van der Waals surface area contributed by atoms with Crippen molar-refractivity contribution in [2.24, 2.45) is 5.92 Å². The highest BCUT2D eigenvalue weighted by Gasteiger charge is 2.34. The molecule has 9 heteroatoms. The summed E-state index contributed by atoms with van der Waals surface area (Å²) < 4.78 is 5.38. The van der Waals surface area contributed by atoms with Gasteiger partial charge in [-0.25, -0.2) is 4.79 Å². The number of carbonyl (C=O) groups is 4. The van der Waals surface area contributed by atoms with E-state index in [2.05, 4.69) is 10.6 Å². The van der Waals surface area contributed by atoms with Gasteiger partial charge < -0.3 is 15.4 Å². The van der Waals surface area contributed by atoms with Gasteiger partial charge in [-0.2, -0.15) is 0 Å². The lowest BCUT2D eigenvalue weighted by Crippen LogP contribution is -2.50. The van der Waals surface area contributed by atoms with Gasteiger partial charge in [-0.3, -0.25) is 19.3 Å². The minimum atomic E-state index is -1.13. The third-order valence-corrected chi connectivity index (χ3v) is 5.50. The minimum absolute atomic E-state index is 0.166. The van der Waals surface area contributed by atoms with Crippen LogP contribution in [0.15, 0.2) is 41.8 Å². The molecule has 0 aliphatic carbocycles. The van der Waals surface area contributed by atoms with E-state index in [0.717, 1.165) is 0 Å². The largest absolute Gasteiger partial charge is 0.451 e. The highest BCUT2D eigenvalue weighted by molar-refractivity contribution is 7.12. The lowest BCUT2D eigenvalue weighted by molar-refractivity contribution is -0.156. The SMILES string of the molecule is CC(OC(=O)C(NC(=O)c1cccs1)C(C)C)C(=O)N1CC(=O)Nc2ccccc21. The maximum atomic E-state index is 12.9. The fraction of sp³-hybridized carbons (Fsp3) is 0.333. The molecule has 30 heavy (non-hydrogen) atoms. The Morgan fingerprint density at radius 3 is 2.53 bits per heavy atom. The van der Waals surface area contributed by atoms with Gasteiger partial charge >= 0.3 is 5.97 Å². The van der Waals surface area contributed by atoms with E-state index in [4.69, 9.17) is 4.74 Å². The van der Waals surface area contributed by atoms with Gasteiger partial charge in [0.2, 0.25) is 5.91 Å². The third kappa shape index (κ3) is 4.68. The maximum absolute atomic E-state index is 12.9. The van der Waals surface area contributed by atoms with Crippen LogP contribution < -0.4 is 15.5 Å². The van der Waals surface area contributed by atoms with E-state index in [0.29, 0.717) is 16.3 Å². The number of rotatable bonds is 6. The van der Waals surface area contributed by atoms with E-state index < -0.39 is 24.0 Å². The molecule has 0 saturated carbocycles. The first-order chi connectivity index (χ1) is 14.3. The van der Waals surface area contributed by atoms with Gasteiger partial charge in [0.05, 0.1) is 16.3 Å². The Balaban J connectivity index is 1.70. The molecule has 1 aromatic heterocycles. The van der Waals surface area contributed by atoms with Gasteiger partial charge in [-0.05, 0) is 36.4 Å². The molecule has 2 atom stereocenters. The van der Waals surface area contributed by atoms with Gasteiger partial charge in [-0.1, -0.05) is 32.0 Å². The predicted octanol–water partition coefficient (Wildman–Crippen LogP) is 2.42. The van der Waals surface area contributed by atoms with Crippen LogP contribution >= 0.6 is 11.3 Å². The molecule has 1 aliphatic heterocycles. The van der Waals surface area contributed by atoms with Crippen molar-refractivity contribution in [1.29, 1.82) is 0 Å². The summed E-state index contributed by atoms with van der Waals surface area (Å²) in [5.74, 6) is -2.17. The zero-order valence-electron chi connectivity index (χ0n) is 16.9. The molecule has 1 aliphatic rings. The van der Waals surface area contributed by atoms with Crippen LogP contribution in [0.3, 0.4) is 0 Å². The van der Waals surface area contributed by atoms with Crippen molar-refractivity contribution < 1.29 is 23.9 Å². The molecule has 2 N–H and O–H groups in total. The van der Waals surface area contributed by atoms with Crippen molar-refractivity contribution in [2.75, 3.05) is 16.8 Å². The summed E-state index contributed by atoms with van der Waals surface area (Å²) in [5.41, 5.74) is 1.06. The molecular weight excluding hydrogens is 406 g/mol. The van der Waals surface area contributed by atoms with Crippen LogP contribution in [-0.2, 0) is 19.1 Å². The lowest BCUT2D eigenvalue weighted by Gasteiger charge is -2.31. The average molecular weight is 429 g/mol. The van der Waals surface area contributed by atoms with Crippen LogP contribution in [0.4, 0.5) is 11.4 Å². The molecule has 0 bridgehead atoms. The molecule has 0 fully saturated rings. The molecule has 158 valence electrons. The van der Waals surface area contributed by atoms with Crippen molar-refractivity contribution >= 4 is 46.4 Å². The molecule has 8 nitrogen and oxygen atoms in total. The molecule has 1 aromatic carbocycles. The Bertz CT molecular complexity index is 957. The second kappa shape index (κ2) is 9.08. The Hall–Kier alpha value is -3.20. The number of benzene rings is 1. The van der Waals surface area contributed by atoms with E-state index in [1.165, 1.54) is 23.2 Å². The van der Waals surface area contributed by atoms with Gasteiger partial charge in [-0.15, -0.1) is 11.3 Å². The van der Waals surface area contributed by atoms with E-state index in [-0.39, 0.29) is 24.3 Å². The first-order valence-electron chi connectivity index (χ1n) is 9.53. The normalized spacial score (nSPS) is 15.1. The highest BCUT2D eigenvalue weighted by atomic mass is 32.1. The number of anilines is 2. The average Bonchev–Trinajstić information content (AvgIpc) is 3.25. The van der Waals surface area contributed by atoms with Crippen molar-refractivity contribution in [1.82, 2.24) is 5.32 Å². The zero-order chi connectivity index (χ0) is 21.8. The molecular formula is C21H23N3O5S. The molecule has 0 spiro atoms. The summed E-state index contributed by atoms with van der Waals surface area (Å²) in [5, 5.41) is 7.15. The van der Waals surface area contributed by atoms with E-state index >= 15 is 0 Å². The summed E-state index contributed by atoms with van der Waals surface area (Å²) >= 11 is 1.26. The minimum Gasteiger partial charge on any atom is -0.451 e. The van der Waals surface area contributed by atoms with Crippen LogP contribution in [0.5, 0.6) is 0 Å². The monoisotopic (exact) mass is 429 g/mol. The Labute approximate surface area is 178 Å². The van der Waals surface area contributed by atoms with Crippen molar-refractivity contribution in [3.05, 3.63) is 46.7 Å². The van der Waals surface area contributed by atoms with Crippen LogP contribution in [-0.4, -0.2) is 42.4 Å². The van der Waals surface area contributed by atoms with Crippen LogP contribution in [0.25, 0.3) is 0 Å². The maximum Gasteiger partial charge on any atom is 0.329 e. The smallest absolute Gasteiger partial charge is 0.329 e. The van der Waals surface area contributed by atoms with Crippen LogP contribution in [0.1, 0.15) is 30.4 Å². The van der Waals surface area contributed by atoms with Gasteiger partial charge in [0.1, 0.15) is 12.6 Å². The Kier molecular flexibility index (Phi) is 6.51. The lowest BCUT2D eigenvalue weighted by atomic mass is 10.0. The van der Waals surface area contributed by atoms with Crippen LogP contribution in [0, 0.1) is 5.92 Å². The highest BCUT2D eigenvalue weighted by Crippen LogP contribution is 2.29. The summed E-state index contributed by atoms with van der Waals surface area (Å²) in [6.45, 7) is 4.84. The van der Waals surface area contributed by atoms with Crippen LogP contribution in [0.2, 0.25) is 0 Å². The number of thiophene rings is 1. The topological polar surface area (TPSA) is 105 Å². The number of para-hydroxylation sites is 2. The standard InChI is InChI=1S/C21H23N3O5S/c1-12(2)18(23-19(26)16-9-6-10-30-16)21(28)29-13(3)20(27)24-11-17(25)22-14-7-4-5-8-15(14)24/h4-10,12-13,18H,11H2,1-3H3,(H,22,25)(H,23,26). The number of ether oxygens (including phenoxy) is 1. The molecule has 3 amide bonds. The Morgan fingerprint density at radius 2 is 1.87 bits per heavy atom. The quantitative estimate of drug-likeness (QED) is 0.686. The van der Waals surface area contributed by atoms with Gasteiger partial charge in [0.25, 0.3) is 11.8 Å². The number of nitrogens with zero attached hydrogens (tertiary/aromatic N) is 1. The van der Waals surface area contributed by atoms with Crippen molar-refractivity contribution in [3.8, 4) is 0 Å². The van der Waals surface area contributed by atoms with E-state index in [9.17, 15) is 19.2 Å². The Morgan fingerprint density at radius 1 is 1.13 bits per heavy atom. The first kappa shape index (κ1) is 21.5. The number of hydrogen-bond acceptors (Lipinski definition) is 6. The van der Waals surface area contributed by atoms with E-state index in [1.807, 2.05) is 0 Å². The molecule has 2 heterocycles. The number of nitrogens with one attached hydrogen (secondary N) is 2. The number of carbonyl (C=O) groups excluding carboxylic acids is 4. The van der Waals surface area contributed by atoms with Gasteiger partial charge in [0.15, 0.2) is 6.10 Å².